The summed E-state index contributed by atoms with van der Waals surface area (Å²) in [6, 6.07) is 6.35. The van der Waals surface area contributed by atoms with Crippen LogP contribution < -0.4 is 15.4 Å². The second-order valence-electron chi connectivity index (χ2n) is 5.66. The summed E-state index contributed by atoms with van der Waals surface area (Å²) in [6.45, 7) is 4.03. The number of nitrogens with one attached hydrogen (secondary N) is 2. The maximum Gasteiger partial charge on any atom is 0.422 e. The summed E-state index contributed by atoms with van der Waals surface area (Å²) in [5.41, 5.74) is 0.846. The molecule has 1 heterocycles. The van der Waals surface area contributed by atoms with Crippen molar-refractivity contribution in [1.29, 1.82) is 0 Å². The smallest absolute Gasteiger partial charge is 0.422 e. The zero-order valence-electron chi connectivity index (χ0n) is 15.1. The summed E-state index contributed by atoms with van der Waals surface area (Å²) in [6.07, 6.45) is -3.79. The number of alkyl halides is 3. The highest BCUT2D eigenvalue weighted by Crippen LogP contribution is 2.19. The van der Waals surface area contributed by atoms with Gasteiger partial charge in [-0.05, 0) is 31.5 Å². The van der Waals surface area contributed by atoms with Crippen LogP contribution in [0.4, 0.5) is 13.2 Å². The van der Waals surface area contributed by atoms with Gasteiger partial charge in [0.2, 0.25) is 5.89 Å². The number of benzene rings is 1. The predicted molar refractivity (Wildman–Crippen MR) is 93.5 cm³/mol. The molecule has 0 saturated carbocycles. The van der Waals surface area contributed by atoms with E-state index in [0.717, 1.165) is 5.56 Å². The minimum Gasteiger partial charge on any atom is -0.484 e. The van der Waals surface area contributed by atoms with Gasteiger partial charge >= 0.3 is 6.18 Å². The first kappa shape index (κ1) is 20.5. The molecule has 2 rings (SSSR count). The first-order valence-corrected chi connectivity index (χ1v) is 8.45. The molecule has 0 aliphatic rings. The number of hydrogen-bond acceptors (Lipinski definition) is 5. The molecule has 0 amide bonds. The second kappa shape index (κ2) is 9.79. The van der Waals surface area contributed by atoms with Crippen LogP contribution in [0.15, 0.2) is 33.8 Å². The Labute approximate surface area is 155 Å². The van der Waals surface area contributed by atoms with E-state index in [-0.39, 0.29) is 5.75 Å². The number of aliphatic imine (C=N–C) groups is 1. The molecular weight excluding hydrogens is 363 g/mol. The third-order valence-electron chi connectivity index (χ3n) is 3.29. The number of nitrogens with zero attached hydrogens (tertiary/aromatic N) is 3. The topological polar surface area (TPSA) is 84.6 Å². The van der Waals surface area contributed by atoms with Crippen molar-refractivity contribution in [1.82, 2.24) is 20.8 Å². The lowest BCUT2D eigenvalue weighted by Gasteiger charge is -2.11. The highest BCUT2D eigenvalue weighted by atomic mass is 19.4. The molecule has 2 aromatic rings. The maximum atomic E-state index is 12.1. The van der Waals surface area contributed by atoms with Gasteiger partial charge in [0.25, 0.3) is 0 Å². The lowest BCUT2D eigenvalue weighted by molar-refractivity contribution is -0.153. The SMILES string of the molecule is CCNC(=NCc1ccc(OCC(F)(F)F)cc1)NCCc1nc(C)no1. The molecule has 0 aliphatic carbocycles. The van der Waals surface area contributed by atoms with Crippen LogP contribution in [-0.4, -0.2) is 42.0 Å². The van der Waals surface area contributed by atoms with Gasteiger partial charge in [-0.15, -0.1) is 0 Å². The Bertz CT molecular complexity index is 729. The van der Waals surface area contributed by atoms with Crippen LogP contribution in [0.25, 0.3) is 0 Å². The van der Waals surface area contributed by atoms with E-state index in [4.69, 9.17) is 4.52 Å². The summed E-state index contributed by atoms with van der Waals surface area (Å²) < 4.78 is 46.2. The predicted octanol–water partition coefficient (Wildman–Crippen LogP) is 2.62. The molecule has 1 aromatic carbocycles. The number of rotatable bonds is 8. The standard InChI is InChI=1S/C17H22F3N5O2/c1-3-21-16(22-9-8-15-24-12(2)25-27-15)23-10-13-4-6-14(7-5-13)26-11-17(18,19)20/h4-7H,3,8-11H2,1-2H3,(H2,21,22,23). The first-order valence-electron chi connectivity index (χ1n) is 8.45. The number of aromatic nitrogens is 2. The van der Waals surface area contributed by atoms with Gasteiger partial charge in [-0.3, -0.25) is 0 Å². The summed E-state index contributed by atoms with van der Waals surface area (Å²) in [7, 11) is 0. The van der Waals surface area contributed by atoms with Gasteiger partial charge in [-0.2, -0.15) is 18.2 Å². The molecule has 0 unspecified atom stereocenters. The Morgan fingerprint density at radius 3 is 2.56 bits per heavy atom. The van der Waals surface area contributed by atoms with Crippen LogP contribution in [0.3, 0.4) is 0 Å². The Morgan fingerprint density at radius 2 is 1.96 bits per heavy atom. The number of aryl methyl sites for hydroxylation is 1. The number of guanidine groups is 1. The van der Waals surface area contributed by atoms with Gasteiger partial charge in [0, 0.05) is 19.5 Å². The average Bonchev–Trinajstić information content (AvgIpc) is 3.03. The molecule has 27 heavy (non-hydrogen) atoms. The number of hydrogen-bond donors (Lipinski definition) is 2. The zero-order chi connectivity index (χ0) is 19.7. The molecule has 148 valence electrons. The van der Waals surface area contributed by atoms with Crippen molar-refractivity contribution in [3.63, 3.8) is 0 Å². The fourth-order valence-corrected chi connectivity index (χ4v) is 2.10. The summed E-state index contributed by atoms with van der Waals surface area (Å²) in [5.74, 6) is 1.92. The Kier molecular flexibility index (Phi) is 7.44. The Morgan fingerprint density at radius 1 is 1.22 bits per heavy atom. The number of ether oxygens (including phenoxy) is 1. The molecule has 0 saturated heterocycles. The van der Waals surface area contributed by atoms with E-state index in [9.17, 15) is 13.2 Å². The summed E-state index contributed by atoms with van der Waals surface area (Å²) in [4.78, 5) is 8.57. The summed E-state index contributed by atoms with van der Waals surface area (Å²) >= 11 is 0. The van der Waals surface area contributed by atoms with E-state index in [0.29, 0.717) is 43.7 Å². The Hall–Kier alpha value is -2.78. The van der Waals surface area contributed by atoms with Gasteiger partial charge in [-0.25, -0.2) is 4.99 Å². The minimum atomic E-state index is -4.35. The van der Waals surface area contributed by atoms with Crippen molar-refractivity contribution < 1.29 is 22.4 Å². The maximum absolute atomic E-state index is 12.1. The highest BCUT2D eigenvalue weighted by Gasteiger charge is 2.28. The molecule has 0 atom stereocenters. The fourth-order valence-electron chi connectivity index (χ4n) is 2.10. The van der Waals surface area contributed by atoms with Gasteiger partial charge in [-0.1, -0.05) is 17.3 Å². The first-order chi connectivity index (χ1) is 12.9. The van der Waals surface area contributed by atoms with Crippen molar-refractivity contribution in [2.24, 2.45) is 4.99 Å². The molecular formula is C17H22F3N5O2. The van der Waals surface area contributed by atoms with Gasteiger partial charge in [0.05, 0.1) is 6.54 Å². The van der Waals surface area contributed by atoms with E-state index in [1.165, 1.54) is 12.1 Å². The van der Waals surface area contributed by atoms with E-state index in [1.54, 1.807) is 19.1 Å². The zero-order valence-corrected chi connectivity index (χ0v) is 15.1. The van der Waals surface area contributed by atoms with Crippen molar-refractivity contribution >= 4 is 5.96 Å². The van der Waals surface area contributed by atoms with Crippen LogP contribution in [0, 0.1) is 6.92 Å². The van der Waals surface area contributed by atoms with Crippen LogP contribution >= 0.6 is 0 Å². The van der Waals surface area contributed by atoms with E-state index in [2.05, 4.69) is 30.5 Å². The van der Waals surface area contributed by atoms with Crippen molar-refractivity contribution in [3.8, 4) is 5.75 Å². The lowest BCUT2D eigenvalue weighted by atomic mass is 10.2. The molecule has 10 heteroatoms. The molecule has 0 aliphatic heterocycles. The van der Waals surface area contributed by atoms with E-state index < -0.39 is 12.8 Å². The highest BCUT2D eigenvalue weighted by molar-refractivity contribution is 5.79. The summed E-state index contributed by atoms with van der Waals surface area (Å²) in [5, 5.41) is 10.0. The molecule has 0 fully saturated rings. The molecule has 7 nitrogen and oxygen atoms in total. The molecule has 1 aromatic heterocycles. The third kappa shape index (κ3) is 7.97. The third-order valence-corrected chi connectivity index (χ3v) is 3.29. The van der Waals surface area contributed by atoms with E-state index >= 15 is 0 Å². The van der Waals surface area contributed by atoms with Gasteiger partial charge in [0.1, 0.15) is 5.75 Å². The fraction of sp³-hybridized carbons (Fsp3) is 0.471. The minimum absolute atomic E-state index is 0.167. The molecule has 2 N–H and O–H groups in total. The lowest BCUT2D eigenvalue weighted by Crippen LogP contribution is -2.38. The average molecular weight is 385 g/mol. The van der Waals surface area contributed by atoms with Crippen molar-refractivity contribution in [2.45, 2.75) is 33.0 Å². The molecule has 0 radical (unpaired) electrons. The van der Waals surface area contributed by atoms with Gasteiger partial charge < -0.3 is 19.9 Å². The second-order valence-corrected chi connectivity index (χ2v) is 5.66. The van der Waals surface area contributed by atoms with Crippen molar-refractivity contribution in [2.75, 3.05) is 19.7 Å². The largest absolute Gasteiger partial charge is 0.484 e. The van der Waals surface area contributed by atoms with Crippen LogP contribution in [0.5, 0.6) is 5.75 Å². The van der Waals surface area contributed by atoms with Crippen molar-refractivity contribution in [3.05, 3.63) is 41.5 Å². The molecule has 0 spiro atoms. The van der Waals surface area contributed by atoms with Gasteiger partial charge in [0.15, 0.2) is 18.4 Å². The van der Waals surface area contributed by atoms with Crippen LogP contribution in [0.1, 0.15) is 24.2 Å². The van der Waals surface area contributed by atoms with Crippen LogP contribution in [0.2, 0.25) is 0 Å². The molecule has 0 bridgehead atoms. The normalized spacial score (nSPS) is 12.1. The quantitative estimate of drug-likeness (QED) is 0.537. The number of halogens is 3. The van der Waals surface area contributed by atoms with E-state index in [1.807, 2.05) is 6.92 Å². The van der Waals surface area contributed by atoms with Crippen LogP contribution in [-0.2, 0) is 13.0 Å². The Balaban J connectivity index is 1.84. The monoisotopic (exact) mass is 385 g/mol.